The minimum Gasteiger partial charge on any atom is -0.493 e. The second-order valence-corrected chi connectivity index (χ2v) is 2.71. The standard InChI is InChI=1S/C9H10O/c1-7-2-3-8-4-5-10-9(8)6-7/h2-3,6H,4-5H2,1H3. The summed E-state index contributed by atoms with van der Waals surface area (Å²) in [5.74, 6) is 1.08. The fourth-order valence-corrected chi connectivity index (χ4v) is 1.27. The Morgan fingerprint density at radius 3 is 3.20 bits per heavy atom. The molecule has 0 saturated carbocycles. The average Bonchev–Trinajstić information content (AvgIpc) is 2.33. The SMILES string of the molecule is Cc1ccc2c(c1)OCC2. The number of benzene rings is 1. The van der Waals surface area contributed by atoms with Gasteiger partial charge < -0.3 is 4.74 Å². The van der Waals surface area contributed by atoms with E-state index in [0.29, 0.717) is 0 Å². The number of rotatable bonds is 0. The summed E-state index contributed by atoms with van der Waals surface area (Å²) in [4.78, 5) is 0. The molecule has 1 aromatic rings. The van der Waals surface area contributed by atoms with Crippen LogP contribution in [0.4, 0.5) is 0 Å². The zero-order valence-electron chi connectivity index (χ0n) is 6.05. The van der Waals surface area contributed by atoms with Crippen LogP contribution in [0.25, 0.3) is 0 Å². The lowest BCUT2D eigenvalue weighted by atomic mass is 10.1. The van der Waals surface area contributed by atoms with Crippen molar-refractivity contribution in [2.24, 2.45) is 0 Å². The summed E-state index contributed by atoms with van der Waals surface area (Å²) in [7, 11) is 0. The second kappa shape index (κ2) is 2.01. The first kappa shape index (κ1) is 5.78. The van der Waals surface area contributed by atoms with E-state index in [1.165, 1.54) is 11.1 Å². The van der Waals surface area contributed by atoms with Crippen molar-refractivity contribution in [3.63, 3.8) is 0 Å². The molecule has 0 unspecified atom stereocenters. The highest BCUT2D eigenvalue weighted by molar-refractivity contribution is 5.39. The summed E-state index contributed by atoms with van der Waals surface area (Å²) in [5, 5.41) is 0. The van der Waals surface area contributed by atoms with Crippen LogP contribution in [0.15, 0.2) is 18.2 Å². The maximum Gasteiger partial charge on any atom is 0.122 e. The number of hydrogen-bond acceptors (Lipinski definition) is 1. The Bertz CT molecular complexity index is 253. The van der Waals surface area contributed by atoms with Crippen LogP contribution in [-0.2, 0) is 6.42 Å². The van der Waals surface area contributed by atoms with E-state index in [0.717, 1.165) is 18.8 Å². The van der Waals surface area contributed by atoms with Crippen molar-refractivity contribution in [3.8, 4) is 5.75 Å². The Balaban J connectivity index is 2.52. The van der Waals surface area contributed by atoms with Crippen LogP contribution in [0.2, 0.25) is 0 Å². The van der Waals surface area contributed by atoms with Gasteiger partial charge in [0.05, 0.1) is 6.61 Å². The van der Waals surface area contributed by atoms with Gasteiger partial charge in [-0.1, -0.05) is 12.1 Å². The lowest BCUT2D eigenvalue weighted by Crippen LogP contribution is -1.86. The molecule has 1 heteroatoms. The van der Waals surface area contributed by atoms with Gasteiger partial charge in [0.15, 0.2) is 0 Å². The third-order valence-electron chi connectivity index (χ3n) is 1.85. The smallest absolute Gasteiger partial charge is 0.122 e. The molecular weight excluding hydrogens is 124 g/mol. The third-order valence-corrected chi connectivity index (χ3v) is 1.85. The minimum atomic E-state index is 0.860. The molecule has 2 rings (SSSR count). The quantitative estimate of drug-likeness (QED) is 0.526. The summed E-state index contributed by atoms with van der Waals surface area (Å²) in [5.41, 5.74) is 2.63. The molecule has 0 atom stereocenters. The molecule has 1 aliphatic heterocycles. The van der Waals surface area contributed by atoms with Crippen LogP contribution in [0.1, 0.15) is 11.1 Å². The molecule has 0 saturated heterocycles. The number of aryl methyl sites for hydroxylation is 1. The molecule has 0 spiro atoms. The molecule has 0 aliphatic carbocycles. The Kier molecular flexibility index (Phi) is 1.16. The Hall–Kier alpha value is -0.980. The fraction of sp³-hybridized carbons (Fsp3) is 0.333. The van der Waals surface area contributed by atoms with Crippen LogP contribution < -0.4 is 4.74 Å². The predicted octanol–water partition coefficient (Wildman–Crippen LogP) is 1.93. The zero-order chi connectivity index (χ0) is 6.97. The van der Waals surface area contributed by atoms with Crippen molar-refractivity contribution in [1.82, 2.24) is 0 Å². The van der Waals surface area contributed by atoms with Gasteiger partial charge in [-0.05, 0) is 24.1 Å². The second-order valence-electron chi connectivity index (χ2n) is 2.71. The highest BCUT2D eigenvalue weighted by Gasteiger charge is 2.09. The van der Waals surface area contributed by atoms with Crippen molar-refractivity contribution in [3.05, 3.63) is 29.3 Å². The van der Waals surface area contributed by atoms with Gasteiger partial charge in [0.1, 0.15) is 5.75 Å². The predicted molar refractivity (Wildman–Crippen MR) is 40.4 cm³/mol. The largest absolute Gasteiger partial charge is 0.493 e. The van der Waals surface area contributed by atoms with Crippen LogP contribution in [0.5, 0.6) is 5.75 Å². The normalized spacial score (nSPS) is 14.5. The highest BCUT2D eigenvalue weighted by Crippen LogP contribution is 2.25. The summed E-state index contributed by atoms with van der Waals surface area (Å²) in [6.07, 6.45) is 1.08. The van der Waals surface area contributed by atoms with E-state index >= 15 is 0 Å². The van der Waals surface area contributed by atoms with E-state index in [4.69, 9.17) is 4.74 Å². The van der Waals surface area contributed by atoms with Gasteiger partial charge in [0.2, 0.25) is 0 Å². The monoisotopic (exact) mass is 134 g/mol. The summed E-state index contributed by atoms with van der Waals surface area (Å²) in [6, 6.07) is 6.38. The van der Waals surface area contributed by atoms with Gasteiger partial charge in [-0.2, -0.15) is 0 Å². The molecule has 1 heterocycles. The number of fused-ring (bicyclic) bond motifs is 1. The van der Waals surface area contributed by atoms with E-state index in [9.17, 15) is 0 Å². The maximum absolute atomic E-state index is 5.38. The van der Waals surface area contributed by atoms with Gasteiger partial charge >= 0.3 is 0 Å². The molecule has 0 fully saturated rings. The van der Waals surface area contributed by atoms with Crippen LogP contribution >= 0.6 is 0 Å². The van der Waals surface area contributed by atoms with Crippen molar-refractivity contribution in [2.75, 3.05) is 6.61 Å². The lowest BCUT2D eigenvalue weighted by Gasteiger charge is -1.97. The van der Waals surface area contributed by atoms with Crippen molar-refractivity contribution >= 4 is 0 Å². The Morgan fingerprint density at radius 2 is 2.30 bits per heavy atom. The van der Waals surface area contributed by atoms with Crippen molar-refractivity contribution in [2.45, 2.75) is 13.3 Å². The Morgan fingerprint density at radius 1 is 1.40 bits per heavy atom. The molecule has 0 amide bonds. The molecule has 0 aromatic heterocycles. The third kappa shape index (κ3) is 0.783. The first-order valence-electron chi connectivity index (χ1n) is 3.58. The van der Waals surface area contributed by atoms with Crippen LogP contribution in [0, 0.1) is 6.92 Å². The topological polar surface area (TPSA) is 9.23 Å². The molecule has 52 valence electrons. The minimum absolute atomic E-state index is 0.860. The van der Waals surface area contributed by atoms with E-state index < -0.39 is 0 Å². The lowest BCUT2D eigenvalue weighted by molar-refractivity contribution is 0.356. The van der Waals surface area contributed by atoms with Crippen molar-refractivity contribution in [1.29, 1.82) is 0 Å². The molecule has 0 bridgehead atoms. The molecular formula is C9H10O. The van der Waals surface area contributed by atoms with Crippen LogP contribution in [0.3, 0.4) is 0 Å². The van der Waals surface area contributed by atoms with E-state index in [-0.39, 0.29) is 0 Å². The van der Waals surface area contributed by atoms with E-state index in [1.54, 1.807) is 0 Å². The van der Waals surface area contributed by atoms with Crippen LogP contribution in [-0.4, -0.2) is 6.61 Å². The van der Waals surface area contributed by atoms with Gasteiger partial charge in [0, 0.05) is 6.42 Å². The summed E-state index contributed by atoms with van der Waals surface area (Å²) < 4.78 is 5.38. The van der Waals surface area contributed by atoms with E-state index in [1.807, 2.05) is 0 Å². The van der Waals surface area contributed by atoms with Gasteiger partial charge in [-0.25, -0.2) is 0 Å². The zero-order valence-corrected chi connectivity index (χ0v) is 6.05. The molecule has 0 radical (unpaired) electrons. The first-order valence-corrected chi connectivity index (χ1v) is 3.58. The number of ether oxygens (including phenoxy) is 1. The van der Waals surface area contributed by atoms with E-state index in [2.05, 4.69) is 25.1 Å². The average molecular weight is 134 g/mol. The highest BCUT2D eigenvalue weighted by atomic mass is 16.5. The molecule has 1 nitrogen and oxygen atoms in total. The molecule has 1 aliphatic rings. The van der Waals surface area contributed by atoms with Gasteiger partial charge in [-0.3, -0.25) is 0 Å². The van der Waals surface area contributed by atoms with Crippen molar-refractivity contribution < 1.29 is 4.74 Å². The fourth-order valence-electron chi connectivity index (χ4n) is 1.27. The first-order chi connectivity index (χ1) is 4.86. The molecule has 10 heavy (non-hydrogen) atoms. The molecule has 0 N–H and O–H groups in total. The Labute approximate surface area is 60.6 Å². The van der Waals surface area contributed by atoms with Gasteiger partial charge in [0.25, 0.3) is 0 Å². The van der Waals surface area contributed by atoms with Gasteiger partial charge in [-0.15, -0.1) is 0 Å². The number of hydrogen-bond donors (Lipinski definition) is 0. The molecule has 1 aromatic carbocycles. The summed E-state index contributed by atoms with van der Waals surface area (Å²) in [6.45, 7) is 2.95. The maximum atomic E-state index is 5.38. The summed E-state index contributed by atoms with van der Waals surface area (Å²) >= 11 is 0.